The zero-order valence-electron chi connectivity index (χ0n) is 16.6. The van der Waals surface area contributed by atoms with Crippen LogP contribution in [-0.2, 0) is 6.42 Å². The highest BCUT2D eigenvalue weighted by Crippen LogP contribution is 2.17. The van der Waals surface area contributed by atoms with Crippen molar-refractivity contribution in [1.82, 2.24) is 15.3 Å². The van der Waals surface area contributed by atoms with Gasteiger partial charge in [-0.25, -0.2) is 4.98 Å². The van der Waals surface area contributed by atoms with Crippen LogP contribution in [0.15, 0.2) is 72.9 Å². The van der Waals surface area contributed by atoms with Crippen LogP contribution in [0.3, 0.4) is 0 Å². The van der Waals surface area contributed by atoms with Crippen molar-refractivity contribution in [2.45, 2.75) is 13.3 Å². The van der Waals surface area contributed by atoms with Gasteiger partial charge < -0.3 is 15.6 Å². The Bertz CT molecular complexity index is 1210. The van der Waals surface area contributed by atoms with Crippen molar-refractivity contribution in [3.8, 4) is 0 Å². The molecule has 3 N–H and O–H groups in total. The maximum Gasteiger partial charge on any atom is 0.274 e. The first-order chi connectivity index (χ1) is 14.6. The Hall–Kier alpha value is -3.93. The smallest absolute Gasteiger partial charge is 0.274 e. The summed E-state index contributed by atoms with van der Waals surface area (Å²) in [4.78, 5) is 32.4. The Morgan fingerprint density at radius 1 is 0.933 bits per heavy atom. The van der Waals surface area contributed by atoms with Gasteiger partial charge in [0, 0.05) is 29.3 Å². The van der Waals surface area contributed by atoms with E-state index in [0.29, 0.717) is 18.7 Å². The number of aryl methyl sites for hydroxylation is 1. The summed E-state index contributed by atoms with van der Waals surface area (Å²) < 4.78 is 0. The van der Waals surface area contributed by atoms with Gasteiger partial charge in [0.15, 0.2) is 0 Å². The van der Waals surface area contributed by atoms with Crippen LogP contribution >= 0.6 is 0 Å². The number of anilines is 1. The average Bonchev–Trinajstić information content (AvgIpc) is 3.17. The predicted octanol–water partition coefficient (Wildman–Crippen LogP) is 4.10. The van der Waals surface area contributed by atoms with Crippen molar-refractivity contribution in [3.63, 3.8) is 0 Å². The summed E-state index contributed by atoms with van der Waals surface area (Å²) in [6.45, 7) is 2.43. The van der Waals surface area contributed by atoms with E-state index in [9.17, 15) is 9.59 Å². The minimum atomic E-state index is -0.353. The van der Waals surface area contributed by atoms with Crippen LogP contribution in [0.5, 0.6) is 0 Å². The first kappa shape index (κ1) is 19.4. The Kier molecular flexibility index (Phi) is 5.57. The summed E-state index contributed by atoms with van der Waals surface area (Å²) in [6.07, 6.45) is 2.66. The molecule has 0 saturated carbocycles. The van der Waals surface area contributed by atoms with Crippen LogP contribution in [0.4, 0.5) is 5.69 Å². The van der Waals surface area contributed by atoms with Gasteiger partial charge in [0.2, 0.25) is 0 Å². The van der Waals surface area contributed by atoms with E-state index in [4.69, 9.17) is 0 Å². The Labute approximate surface area is 174 Å². The predicted molar refractivity (Wildman–Crippen MR) is 118 cm³/mol. The number of carbonyl (C=O) groups excluding carboxylic acids is 2. The zero-order chi connectivity index (χ0) is 20.9. The summed E-state index contributed by atoms with van der Waals surface area (Å²) in [7, 11) is 0. The van der Waals surface area contributed by atoms with Gasteiger partial charge in [-0.1, -0.05) is 36.4 Å². The van der Waals surface area contributed by atoms with E-state index >= 15 is 0 Å². The van der Waals surface area contributed by atoms with E-state index in [1.165, 1.54) is 0 Å². The van der Waals surface area contributed by atoms with Gasteiger partial charge in [0.25, 0.3) is 11.8 Å². The zero-order valence-corrected chi connectivity index (χ0v) is 16.6. The molecule has 2 amide bonds. The topological polar surface area (TPSA) is 86.9 Å². The molecule has 4 aromatic rings. The van der Waals surface area contributed by atoms with Gasteiger partial charge in [0.05, 0.1) is 0 Å². The molecule has 0 spiro atoms. The van der Waals surface area contributed by atoms with Crippen molar-refractivity contribution >= 4 is 28.4 Å². The molecule has 2 heterocycles. The molecule has 2 aromatic heterocycles. The number of carbonyl (C=O) groups is 2. The van der Waals surface area contributed by atoms with Gasteiger partial charge in [-0.3, -0.25) is 9.59 Å². The highest BCUT2D eigenvalue weighted by molar-refractivity contribution is 6.03. The van der Waals surface area contributed by atoms with Crippen molar-refractivity contribution < 1.29 is 9.59 Å². The minimum Gasteiger partial charge on any atom is -0.361 e. The average molecular weight is 398 g/mol. The number of pyridine rings is 1. The van der Waals surface area contributed by atoms with Gasteiger partial charge in [-0.15, -0.1) is 0 Å². The molecule has 0 aliphatic rings. The van der Waals surface area contributed by atoms with Crippen molar-refractivity contribution in [3.05, 3.63) is 95.4 Å². The van der Waals surface area contributed by atoms with Crippen molar-refractivity contribution in [1.29, 1.82) is 0 Å². The normalized spacial score (nSPS) is 10.7. The number of amides is 2. The molecule has 0 saturated heterocycles. The van der Waals surface area contributed by atoms with Crippen molar-refractivity contribution in [2.75, 3.05) is 11.9 Å². The fraction of sp³-hybridized carbons (Fsp3) is 0.125. The number of nitrogens with one attached hydrogen (secondary N) is 3. The number of aromatic nitrogens is 2. The fourth-order valence-electron chi connectivity index (χ4n) is 3.35. The van der Waals surface area contributed by atoms with Crippen LogP contribution in [0, 0.1) is 6.92 Å². The molecule has 0 radical (unpaired) electrons. The number of rotatable bonds is 6. The molecule has 6 heteroatoms. The lowest BCUT2D eigenvalue weighted by atomic mass is 10.1. The van der Waals surface area contributed by atoms with Gasteiger partial charge in [-0.2, -0.15) is 0 Å². The number of aromatic amines is 1. The fourth-order valence-corrected chi connectivity index (χ4v) is 3.35. The molecular formula is C24H22N4O2. The molecule has 0 aliphatic heterocycles. The second kappa shape index (κ2) is 8.61. The van der Waals surface area contributed by atoms with Crippen LogP contribution in [0.2, 0.25) is 0 Å². The third kappa shape index (κ3) is 4.38. The number of nitrogens with zero attached hydrogens (tertiary/aromatic N) is 1. The van der Waals surface area contributed by atoms with Crippen LogP contribution < -0.4 is 10.6 Å². The monoisotopic (exact) mass is 398 g/mol. The van der Waals surface area contributed by atoms with Crippen LogP contribution in [0.1, 0.15) is 32.1 Å². The van der Waals surface area contributed by atoms with Gasteiger partial charge >= 0.3 is 0 Å². The molecule has 0 bridgehead atoms. The highest BCUT2D eigenvalue weighted by Gasteiger charge is 2.13. The standard InChI is InChI=1S/C24H22N4O2/c1-16-6-4-7-18(14-16)27-24(30)22-11-5-10-21(28-22)23(29)25-13-12-17-15-26-20-9-3-2-8-19(17)20/h2-11,14-15,26H,12-13H2,1H3,(H,25,29)(H,27,30). The first-order valence-corrected chi connectivity index (χ1v) is 9.78. The lowest BCUT2D eigenvalue weighted by Gasteiger charge is -2.08. The molecule has 2 aromatic carbocycles. The molecule has 0 unspecified atom stereocenters. The van der Waals surface area contributed by atoms with E-state index in [-0.39, 0.29) is 23.2 Å². The summed E-state index contributed by atoms with van der Waals surface area (Å²) in [5.41, 5.74) is 4.36. The number of fused-ring (bicyclic) bond motifs is 1. The Balaban J connectivity index is 1.38. The number of benzene rings is 2. The molecule has 0 aliphatic carbocycles. The molecule has 0 fully saturated rings. The maximum absolute atomic E-state index is 12.5. The van der Waals surface area contributed by atoms with E-state index in [0.717, 1.165) is 22.0 Å². The highest BCUT2D eigenvalue weighted by atomic mass is 16.2. The summed E-state index contributed by atoms with van der Waals surface area (Å²) in [5, 5.41) is 6.84. The van der Waals surface area contributed by atoms with E-state index < -0.39 is 0 Å². The molecule has 0 atom stereocenters. The Morgan fingerprint density at radius 3 is 2.53 bits per heavy atom. The number of para-hydroxylation sites is 1. The van der Waals surface area contributed by atoms with Crippen molar-refractivity contribution in [2.24, 2.45) is 0 Å². The second-order valence-electron chi connectivity index (χ2n) is 7.10. The van der Waals surface area contributed by atoms with E-state index in [1.54, 1.807) is 18.2 Å². The minimum absolute atomic E-state index is 0.195. The third-order valence-corrected chi connectivity index (χ3v) is 4.85. The van der Waals surface area contributed by atoms with Crippen LogP contribution in [-0.4, -0.2) is 28.3 Å². The third-order valence-electron chi connectivity index (χ3n) is 4.85. The quantitative estimate of drug-likeness (QED) is 0.457. The molecule has 30 heavy (non-hydrogen) atoms. The lowest BCUT2D eigenvalue weighted by Crippen LogP contribution is -2.27. The number of hydrogen-bond donors (Lipinski definition) is 3. The summed E-state index contributed by atoms with van der Waals surface area (Å²) >= 11 is 0. The number of H-pyrrole nitrogens is 1. The van der Waals surface area contributed by atoms with E-state index in [1.807, 2.05) is 55.6 Å². The molecule has 6 nitrogen and oxygen atoms in total. The number of hydrogen-bond acceptors (Lipinski definition) is 3. The van der Waals surface area contributed by atoms with Gasteiger partial charge in [-0.05, 0) is 54.8 Å². The second-order valence-corrected chi connectivity index (χ2v) is 7.10. The largest absolute Gasteiger partial charge is 0.361 e. The van der Waals surface area contributed by atoms with Crippen LogP contribution in [0.25, 0.3) is 10.9 Å². The Morgan fingerprint density at radius 2 is 1.70 bits per heavy atom. The molecule has 150 valence electrons. The maximum atomic E-state index is 12.5. The lowest BCUT2D eigenvalue weighted by molar-refractivity contribution is 0.0949. The first-order valence-electron chi connectivity index (χ1n) is 9.78. The molecule has 4 rings (SSSR count). The summed E-state index contributed by atoms with van der Waals surface area (Å²) in [6, 6.07) is 20.4. The summed E-state index contributed by atoms with van der Waals surface area (Å²) in [5.74, 6) is -0.658. The van der Waals surface area contributed by atoms with Gasteiger partial charge in [0.1, 0.15) is 11.4 Å². The molecular weight excluding hydrogens is 376 g/mol. The SMILES string of the molecule is Cc1cccc(NC(=O)c2cccc(C(=O)NCCc3c[nH]c4ccccc34)n2)c1. The van der Waals surface area contributed by atoms with E-state index in [2.05, 4.69) is 26.7 Å².